The molecule has 0 aliphatic carbocycles. The van der Waals surface area contributed by atoms with E-state index < -0.39 is 0 Å². The Morgan fingerprint density at radius 1 is 0.839 bits per heavy atom. The number of para-hydroxylation sites is 1. The number of rotatable bonds is 7. The molecule has 0 atom stereocenters. The number of aliphatic imine (C=N–C) groups is 1. The van der Waals surface area contributed by atoms with E-state index in [1.807, 2.05) is 47.0 Å². The van der Waals surface area contributed by atoms with E-state index in [4.69, 9.17) is 0 Å². The van der Waals surface area contributed by atoms with Crippen molar-refractivity contribution in [1.82, 2.24) is 25.4 Å². The molecule has 2 N–H and O–H groups in total. The third-order valence-corrected chi connectivity index (χ3v) is 5.17. The van der Waals surface area contributed by atoms with Crippen LogP contribution in [0.3, 0.4) is 0 Å². The lowest BCUT2D eigenvalue weighted by molar-refractivity contribution is 0.713. The SMILES string of the molecule is CN=C(NCc1nncn1-c1ccccc1)NCC(c1ccccc1)c1ccccc1. The van der Waals surface area contributed by atoms with Crippen molar-refractivity contribution in [2.75, 3.05) is 13.6 Å². The van der Waals surface area contributed by atoms with Crippen molar-refractivity contribution in [3.63, 3.8) is 0 Å². The minimum Gasteiger partial charge on any atom is -0.355 e. The normalized spacial score (nSPS) is 11.5. The topological polar surface area (TPSA) is 67.1 Å². The zero-order valence-corrected chi connectivity index (χ0v) is 17.5. The van der Waals surface area contributed by atoms with E-state index in [9.17, 15) is 0 Å². The van der Waals surface area contributed by atoms with E-state index in [0.717, 1.165) is 24.0 Å². The highest BCUT2D eigenvalue weighted by molar-refractivity contribution is 5.79. The predicted molar refractivity (Wildman–Crippen MR) is 124 cm³/mol. The molecule has 0 spiro atoms. The Morgan fingerprint density at radius 3 is 2.00 bits per heavy atom. The van der Waals surface area contributed by atoms with Gasteiger partial charge in [-0.05, 0) is 23.3 Å². The van der Waals surface area contributed by atoms with Crippen LogP contribution in [0.1, 0.15) is 22.9 Å². The Labute approximate surface area is 182 Å². The van der Waals surface area contributed by atoms with Crippen molar-refractivity contribution < 1.29 is 0 Å². The Hall–Kier alpha value is -3.93. The van der Waals surface area contributed by atoms with Gasteiger partial charge < -0.3 is 10.6 Å². The lowest BCUT2D eigenvalue weighted by Gasteiger charge is -2.20. The van der Waals surface area contributed by atoms with E-state index in [1.165, 1.54) is 11.1 Å². The summed E-state index contributed by atoms with van der Waals surface area (Å²) < 4.78 is 1.97. The molecule has 0 unspecified atom stereocenters. The van der Waals surface area contributed by atoms with E-state index in [0.29, 0.717) is 6.54 Å². The van der Waals surface area contributed by atoms with E-state index in [2.05, 4.69) is 74.4 Å². The van der Waals surface area contributed by atoms with Crippen molar-refractivity contribution in [3.05, 3.63) is 114 Å². The average molecular weight is 411 g/mol. The summed E-state index contributed by atoms with van der Waals surface area (Å²) in [6.07, 6.45) is 1.73. The van der Waals surface area contributed by atoms with Gasteiger partial charge in [-0.25, -0.2) is 0 Å². The maximum Gasteiger partial charge on any atom is 0.191 e. The molecule has 0 amide bonds. The maximum absolute atomic E-state index is 4.39. The van der Waals surface area contributed by atoms with Gasteiger partial charge in [0, 0.05) is 25.2 Å². The first-order chi connectivity index (χ1) is 15.3. The number of nitrogens with zero attached hydrogens (tertiary/aromatic N) is 4. The zero-order chi connectivity index (χ0) is 21.3. The van der Waals surface area contributed by atoms with Gasteiger partial charge in [0.1, 0.15) is 6.33 Å². The van der Waals surface area contributed by atoms with Crippen molar-refractivity contribution in [1.29, 1.82) is 0 Å². The van der Waals surface area contributed by atoms with Gasteiger partial charge in [-0.3, -0.25) is 9.56 Å². The zero-order valence-electron chi connectivity index (χ0n) is 17.5. The molecule has 31 heavy (non-hydrogen) atoms. The Kier molecular flexibility index (Phi) is 6.70. The first kappa shape index (κ1) is 20.3. The maximum atomic E-state index is 4.39. The molecule has 6 heteroatoms. The van der Waals surface area contributed by atoms with E-state index in [-0.39, 0.29) is 5.92 Å². The molecular weight excluding hydrogens is 384 g/mol. The number of guanidine groups is 1. The van der Waals surface area contributed by atoms with Crippen molar-refractivity contribution >= 4 is 5.96 Å². The molecule has 6 nitrogen and oxygen atoms in total. The molecule has 0 saturated heterocycles. The molecule has 4 aromatic rings. The van der Waals surface area contributed by atoms with Gasteiger partial charge in [0.05, 0.1) is 6.54 Å². The summed E-state index contributed by atoms with van der Waals surface area (Å²) in [5.41, 5.74) is 3.56. The third-order valence-electron chi connectivity index (χ3n) is 5.17. The number of nitrogens with one attached hydrogen (secondary N) is 2. The van der Waals surface area contributed by atoms with Gasteiger partial charge in [-0.15, -0.1) is 10.2 Å². The molecule has 0 saturated carbocycles. The first-order valence-corrected chi connectivity index (χ1v) is 10.3. The summed E-state index contributed by atoms with van der Waals surface area (Å²) in [4.78, 5) is 4.39. The molecule has 0 aliphatic rings. The molecule has 4 rings (SSSR count). The summed E-state index contributed by atoms with van der Waals surface area (Å²) in [6, 6.07) is 31.1. The number of aromatic nitrogens is 3. The van der Waals surface area contributed by atoms with E-state index in [1.54, 1.807) is 13.4 Å². The summed E-state index contributed by atoms with van der Waals surface area (Å²) in [5.74, 6) is 1.75. The van der Waals surface area contributed by atoms with Crippen LogP contribution in [0, 0.1) is 0 Å². The van der Waals surface area contributed by atoms with Crippen LogP contribution in [0.15, 0.2) is 102 Å². The highest BCUT2D eigenvalue weighted by Crippen LogP contribution is 2.23. The second-order valence-corrected chi connectivity index (χ2v) is 7.13. The summed E-state index contributed by atoms with van der Waals surface area (Å²) in [6.45, 7) is 1.23. The molecule has 1 heterocycles. The highest BCUT2D eigenvalue weighted by atomic mass is 15.3. The van der Waals surface area contributed by atoms with Crippen molar-refractivity contribution in [2.24, 2.45) is 4.99 Å². The predicted octanol–water partition coefficient (Wildman–Crippen LogP) is 3.76. The minimum absolute atomic E-state index is 0.217. The monoisotopic (exact) mass is 410 g/mol. The van der Waals surface area contributed by atoms with Crippen LogP contribution in [-0.4, -0.2) is 34.3 Å². The van der Waals surface area contributed by atoms with Crippen LogP contribution in [0.4, 0.5) is 0 Å². The number of hydrogen-bond donors (Lipinski definition) is 2. The van der Waals surface area contributed by atoms with Crippen LogP contribution < -0.4 is 10.6 Å². The van der Waals surface area contributed by atoms with Crippen molar-refractivity contribution in [2.45, 2.75) is 12.5 Å². The largest absolute Gasteiger partial charge is 0.355 e. The smallest absolute Gasteiger partial charge is 0.191 e. The molecule has 0 bridgehead atoms. The van der Waals surface area contributed by atoms with Gasteiger partial charge in [0.2, 0.25) is 0 Å². The van der Waals surface area contributed by atoms with Crippen LogP contribution in [0.2, 0.25) is 0 Å². The van der Waals surface area contributed by atoms with Crippen LogP contribution in [0.25, 0.3) is 5.69 Å². The van der Waals surface area contributed by atoms with Gasteiger partial charge >= 0.3 is 0 Å². The molecule has 1 aromatic heterocycles. The van der Waals surface area contributed by atoms with Gasteiger partial charge in [0.25, 0.3) is 0 Å². The number of benzene rings is 3. The van der Waals surface area contributed by atoms with Gasteiger partial charge in [-0.1, -0.05) is 78.9 Å². The lowest BCUT2D eigenvalue weighted by Crippen LogP contribution is -2.39. The average Bonchev–Trinajstić information content (AvgIpc) is 3.32. The fourth-order valence-electron chi connectivity index (χ4n) is 3.56. The Morgan fingerprint density at radius 2 is 1.42 bits per heavy atom. The quantitative estimate of drug-likeness (QED) is 0.360. The summed E-state index contributed by atoms with van der Waals surface area (Å²) in [7, 11) is 1.78. The first-order valence-electron chi connectivity index (χ1n) is 10.3. The molecule has 3 aromatic carbocycles. The number of hydrogen-bond acceptors (Lipinski definition) is 3. The fourth-order valence-corrected chi connectivity index (χ4v) is 3.56. The molecule has 0 radical (unpaired) electrons. The molecule has 0 aliphatic heterocycles. The van der Waals surface area contributed by atoms with Crippen molar-refractivity contribution in [3.8, 4) is 5.69 Å². The van der Waals surface area contributed by atoms with Crippen LogP contribution in [0.5, 0.6) is 0 Å². The highest BCUT2D eigenvalue weighted by Gasteiger charge is 2.15. The van der Waals surface area contributed by atoms with Crippen LogP contribution >= 0.6 is 0 Å². The van der Waals surface area contributed by atoms with E-state index >= 15 is 0 Å². The molecular formula is C25H26N6. The molecule has 0 fully saturated rings. The lowest BCUT2D eigenvalue weighted by atomic mass is 9.91. The van der Waals surface area contributed by atoms with Gasteiger partial charge in [-0.2, -0.15) is 0 Å². The third kappa shape index (κ3) is 5.17. The Balaban J connectivity index is 1.43. The summed E-state index contributed by atoms with van der Waals surface area (Å²) >= 11 is 0. The van der Waals surface area contributed by atoms with Crippen LogP contribution in [-0.2, 0) is 6.54 Å². The summed E-state index contributed by atoms with van der Waals surface area (Å²) in [5, 5.41) is 15.2. The van der Waals surface area contributed by atoms with Gasteiger partial charge in [0.15, 0.2) is 11.8 Å². The standard InChI is InChI=1S/C25H26N6/c1-26-25(28-18-24-30-29-19-31(24)22-15-9-4-10-16-22)27-17-23(20-11-5-2-6-12-20)21-13-7-3-8-14-21/h2-16,19,23H,17-18H2,1H3,(H2,26,27,28). The fraction of sp³-hybridized carbons (Fsp3) is 0.160. The minimum atomic E-state index is 0.217. The second-order valence-electron chi connectivity index (χ2n) is 7.13. The second kappa shape index (κ2) is 10.2. The molecule has 156 valence electrons. The Bertz CT molecular complexity index is 1050.